The minimum Gasteiger partial charge on any atom is -0.486 e. The number of thiocarbonyl (C=S) groups is 1. The minimum atomic E-state index is 0.375. The first kappa shape index (κ1) is 14.5. The van der Waals surface area contributed by atoms with Crippen molar-refractivity contribution in [3.05, 3.63) is 59.9 Å². The van der Waals surface area contributed by atoms with Crippen LogP contribution in [0.5, 0.6) is 5.75 Å². The van der Waals surface area contributed by atoms with E-state index in [9.17, 15) is 0 Å². The van der Waals surface area contributed by atoms with Crippen LogP contribution in [0, 0.1) is 6.92 Å². The average Bonchev–Trinajstić information content (AvgIpc) is 2.84. The number of hydrogen-bond acceptors (Lipinski definition) is 3. The van der Waals surface area contributed by atoms with Gasteiger partial charge in [0.1, 0.15) is 18.2 Å². The molecule has 0 unspecified atom stereocenters. The Morgan fingerprint density at radius 1 is 1.18 bits per heavy atom. The molecule has 0 fully saturated rings. The summed E-state index contributed by atoms with van der Waals surface area (Å²) >= 11 is 5.05. The van der Waals surface area contributed by atoms with Crippen molar-refractivity contribution in [1.29, 1.82) is 0 Å². The molecule has 0 bridgehead atoms. The SMILES string of the molecule is Cc1ccc(OCc2nc3ccccc3n2CC(N)=S)cc1. The lowest BCUT2D eigenvalue weighted by Gasteiger charge is -2.10. The van der Waals surface area contributed by atoms with Crippen LogP contribution in [-0.2, 0) is 13.2 Å². The summed E-state index contributed by atoms with van der Waals surface area (Å²) in [6, 6.07) is 15.9. The highest BCUT2D eigenvalue weighted by molar-refractivity contribution is 7.80. The van der Waals surface area contributed by atoms with E-state index in [-0.39, 0.29) is 0 Å². The maximum Gasteiger partial charge on any atom is 0.148 e. The van der Waals surface area contributed by atoms with Gasteiger partial charge in [0.2, 0.25) is 0 Å². The van der Waals surface area contributed by atoms with Gasteiger partial charge in [-0.25, -0.2) is 4.98 Å². The molecule has 2 N–H and O–H groups in total. The van der Waals surface area contributed by atoms with Crippen LogP contribution in [0.15, 0.2) is 48.5 Å². The zero-order valence-electron chi connectivity index (χ0n) is 12.3. The molecule has 3 rings (SSSR count). The molecule has 0 atom stereocenters. The Balaban J connectivity index is 1.88. The Morgan fingerprint density at radius 2 is 1.91 bits per heavy atom. The lowest BCUT2D eigenvalue weighted by atomic mass is 10.2. The summed E-state index contributed by atoms with van der Waals surface area (Å²) in [5.41, 5.74) is 8.84. The number of ether oxygens (including phenoxy) is 1. The fourth-order valence-corrected chi connectivity index (χ4v) is 2.48. The number of nitrogens with zero attached hydrogens (tertiary/aromatic N) is 2. The highest BCUT2D eigenvalue weighted by Gasteiger charge is 2.11. The second-order valence-corrected chi connectivity index (χ2v) is 5.70. The van der Waals surface area contributed by atoms with Gasteiger partial charge >= 0.3 is 0 Å². The lowest BCUT2D eigenvalue weighted by molar-refractivity contribution is 0.292. The summed E-state index contributed by atoms with van der Waals surface area (Å²) in [5, 5.41) is 0. The van der Waals surface area contributed by atoms with Crippen molar-refractivity contribution >= 4 is 28.2 Å². The van der Waals surface area contributed by atoms with Gasteiger partial charge in [0, 0.05) is 0 Å². The molecule has 3 aromatic rings. The maximum atomic E-state index is 5.83. The number of rotatable bonds is 5. The van der Waals surface area contributed by atoms with Crippen LogP contribution in [0.1, 0.15) is 11.4 Å². The van der Waals surface area contributed by atoms with Crippen molar-refractivity contribution in [2.45, 2.75) is 20.1 Å². The van der Waals surface area contributed by atoms with E-state index < -0.39 is 0 Å². The molecule has 5 heteroatoms. The summed E-state index contributed by atoms with van der Waals surface area (Å²) < 4.78 is 7.84. The number of para-hydroxylation sites is 2. The van der Waals surface area contributed by atoms with Crippen molar-refractivity contribution in [2.24, 2.45) is 5.73 Å². The molecule has 0 saturated carbocycles. The van der Waals surface area contributed by atoms with Crippen LogP contribution in [0.2, 0.25) is 0 Å². The lowest BCUT2D eigenvalue weighted by Crippen LogP contribution is -2.19. The predicted octanol–water partition coefficient (Wildman–Crippen LogP) is 3.21. The summed E-state index contributed by atoms with van der Waals surface area (Å²) in [6.07, 6.45) is 0. The molecule has 0 radical (unpaired) electrons. The van der Waals surface area contributed by atoms with Crippen LogP contribution in [0.3, 0.4) is 0 Å². The monoisotopic (exact) mass is 311 g/mol. The molecule has 1 aromatic heterocycles. The fourth-order valence-electron chi connectivity index (χ4n) is 2.35. The van der Waals surface area contributed by atoms with Gasteiger partial charge in [-0.15, -0.1) is 0 Å². The molecular formula is C17H17N3OS. The van der Waals surface area contributed by atoms with Gasteiger partial charge in [0.25, 0.3) is 0 Å². The highest BCUT2D eigenvalue weighted by atomic mass is 32.1. The number of fused-ring (bicyclic) bond motifs is 1. The Hall–Kier alpha value is -2.40. The zero-order chi connectivity index (χ0) is 15.5. The van der Waals surface area contributed by atoms with Gasteiger partial charge in [-0.2, -0.15) is 0 Å². The topological polar surface area (TPSA) is 53.1 Å². The van der Waals surface area contributed by atoms with E-state index >= 15 is 0 Å². The average molecular weight is 311 g/mol. The van der Waals surface area contributed by atoms with Crippen molar-refractivity contribution in [3.63, 3.8) is 0 Å². The Bertz CT molecular complexity index is 808. The summed E-state index contributed by atoms with van der Waals surface area (Å²) in [6.45, 7) is 2.88. The fraction of sp³-hybridized carbons (Fsp3) is 0.176. The van der Waals surface area contributed by atoms with Gasteiger partial charge in [-0.1, -0.05) is 42.0 Å². The highest BCUT2D eigenvalue weighted by Crippen LogP contribution is 2.18. The predicted molar refractivity (Wildman–Crippen MR) is 92.0 cm³/mol. The van der Waals surface area contributed by atoms with Crippen LogP contribution in [-0.4, -0.2) is 14.5 Å². The van der Waals surface area contributed by atoms with Crippen molar-refractivity contribution < 1.29 is 4.74 Å². The van der Waals surface area contributed by atoms with Crippen LogP contribution in [0.25, 0.3) is 11.0 Å². The molecule has 0 aliphatic rings. The normalized spacial score (nSPS) is 10.8. The quantitative estimate of drug-likeness (QED) is 0.735. The van der Waals surface area contributed by atoms with E-state index in [0.29, 0.717) is 18.1 Å². The third-order valence-corrected chi connectivity index (χ3v) is 3.57. The number of benzene rings is 2. The smallest absolute Gasteiger partial charge is 0.148 e. The second-order valence-electron chi connectivity index (χ2n) is 5.17. The second kappa shape index (κ2) is 6.15. The van der Waals surface area contributed by atoms with E-state index in [1.807, 2.05) is 60.0 Å². The van der Waals surface area contributed by atoms with E-state index in [2.05, 4.69) is 4.98 Å². The van der Waals surface area contributed by atoms with Crippen LogP contribution < -0.4 is 10.5 Å². The summed E-state index contributed by atoms with van der Waals surface area (Å²) in [4.78, 5) is 5.05. The number of imidazole rings is 1. The van der Waals surface area contributed by atoms with Gasteiger partial charge in [0.15, 0.2) is 0 Å². The number of hydrogen-bond donors (Lipinski definition) is 1. The Labute approximate surface area is 134 Å². The molecule has 0 aliphatic heterocycles. The standard InChI is InChI=1S/C17H17N3OS/c1-12-6-8-13(9-7-12)21-11-17-19-14-4-2-3-5-15(14)20(17)10-16(18)22/h2-9H,10-11H2,1H3,(H2,18,22). The molecule has 0 aliphatic carbocycles. The summed E-state index contributed by atoms with van der Waals surface area (Å²) in [7, 11) is 0. The van der Waals surface area contributed by atoms with Gasteiger partial charge in [-0.3, -0.25) is 0 Å². The molecule has 0 amide bonds. The van der Waals surface area contributed by atoms with E-state index in [4.69, 9.17) is 22.7 Å². The largest absolute Gasteiger partial charge is 0.486 e. The summed E-state index contributed by atoms with van der Waals surface area (Å²) in [5.74, 6) is 1.63. The van der Waals surface area contributed by atoms with Gasteiger partial charge < -0.3 is 15.0 Å². The third kappa shape index (κ3) is 3.09. The molecule has 112 valence electrons. The first-order chi connectivity index (χ1) is 10.6. The molecule has 0 spiro atoms. The molecule has 2 aromatic carbocycles. The van der Waals surface area contributed by atoms with Gasteiger partial charge in [-0.05, 0) is 31.2 Å². The first-order valence-corrected chi connectivity index (χ1v) is 7.46. The van der Waals surface area contributed by atoms with Crippen molar-refractivity contribution in [3.8, 4) is 5.75 Å². The molecule has 1 heterocycles. The molecule has 4 nitrogen and oxygen atoms in total. The van der Waals surface area contributed by atoms with E-state index in [1.165, 1.54) is 5.56 Å². The molecule has 0 saturated heterocycles. The van der Waals surface area contributed by atoms with Crippen LogP contribution >= 0.6 is 12.2 Å². The van der Waals surface area contributed by atoms with Crippen molar-refractivity contribution in [2.75, 3.05) is 0 Å². The maximum absolute atomic E-state index is 5.83. The van der Waals surface area contributed by atoms with E-state index in [1.54, 1.807) is 0 Å². The zero-order valence-corrected chi connectivity index (χ0v) is 13.1. The third-order valence-electron chi connectivity index (χ3n) is 3.44. The van der Waals surface area contributed by atoms with E-state index in [0.717, 1.165) is 22.6 Å². The number of aryl methyl sites for hydroxylation is 1. The Morgan fingerprint density at radius 3 is 2.64 bits per heavy atom. The van der Waals surface area contributed by atoms with Crippen LogP contribution in [0.4, 0.5) is 0 Å². The number of nitrogens with two attached hydrogens (primary N) is 1. The Kier molecular flexibility index (Phi) is 4.06. The van der Waals surface area contributed by atoms with Crippen molar-refractivity contribution in [1.82, 2.24) is 9.55 Å². The van der Waals surface area contributed by atoms with Gasteiger partial charge in [0.05, 0.1) is 22.6 Å². The molecule has 22 heavy (non-hydrogen) atoms. The molecular weight excluding hydrogens is 294 g/mol. The number of aromatic nitrogens is 2. The first-order valence-electron chi connectivity index (χ1n) is 7.05. The minimum absolute atomic E-state index is 0.375.